The molecule has 1 heterocycles. The van der Waals surface area contributed by atoms with E-state index in [2.05, 4.69) is 6.58 Å². The summed E-state index contributed by atoms with van der Waals surface area (Å²) in [5, 5.41) is 9.47. The highest BCUT2D eigenvalue weighted by molar-refractivity contribution is 5.76. The Morgan fingerprint density at radius 3 is 2.68 bits per heavy atom. The average Bonchev–Trinajstić information content (AvgIpc) is 2.35. The minimum absolute atomic E-state index is 0.0813. The molecule has 110 valence electrons. The molecule has 1 rings (SSSR count). The van der Waals surface area contributed by atoms with Crippen LogP contribution in [-0.4, -0.2) is 41.8 Å². The Bertz CT molecular complexity index is 330. The van der Waals surface area contributed by atoms with Gasteiger partial charge in [-0.25, -0.2) is 0 Å². The molecule has 6 heteroatoms. The Morgan fingerprint density at radius 1 is 1.47 bits per heavy atom. The van der Waals surface area contributed by atoms with Gasteiger partial charge in [0.25, 0.3) is 0 Å². The van der Waals surface area contributed by atoms with Crippen molar-refractivity contribution in [3.8, 4) is 0 Å². The summed E-state index contributed by atoms with van der Waals surface area (Å²) in [6.07, 6.45) is -2.20. The van der Waals surface area contributed by atoms with Crippen molar-refractivity contribution >= 4 is 5.91 Å². The van der Waals surface area contributed by atoms with Gasteiger partial charge in [-0.3, -0.25) is 4.79 Å². The van der Waals surface area contributed by atoms with E-state index in [0.717, 1.165) is 6.42 Å². The Kier molecular flexibility index (Phi) is 5.40. The van der Waals surface area contributed by atoms with Gasteiger partial charge in [0.1, 0.15) is 0 Å². The normalized spacial score (nSPS) is 24.3. The number of allylic oxidation sites excluding steroid dienone is 1. The smallest absolute Gasteiger partial charge is 0.389 e. The predicted molar refractivity (Wildman–Crippen MR) is 65.4 cm³/mol. The lowest BCUT2D eigenvalue weighted by Gasteiger charge is -2.41. The second kappa shape index (κ2) is 6.41. The highest BCUT2D eigenvalue weighted by atomic mass is 19.4. The maximum atomic E-state index is 12.1. The van der Waals surface area contributed by atoms with Crippen molar-refractivity contribution < 1.29 is 23.1 Å². The van der Waals surface area contributed by atoms with Gasteiger partial charge in [0, 0.05) is 24.9 Å². The Hall–Kier alpha value is -1.04. The van der Waals surface area contributed by atoms with E-state index >= 15 is 0 Å². The van der Waals surface area contributed by atoms with Gasteiger partial charge in [-0.2, -0.15) is 13.2 Å². The number of hydrogen-bond acceptors (Lipinski definition) is 2. The van der Waals surface area contributed by atoms with E-state index < -0.39 is 30.3 Å². The van der Waals surface area contributed by atoms with Crippen LogP contribution < -0.4 is 0 Å². The molecule has 0 aromatic rings. The number of halogens is 3. The van der Waals surface area contributed by atoms with Gasteiger partial charge in [0.2, 0.25) is 5.91 Å². The fourth-order valence-corrected chi connectivity index (χ4v) is 2.49. The molecule has 1 saturated heterocycles. The summed E-state index contributed by atoms with van der Waals surface area (Å²) in [6.45, 7) is 4.32. The first-order valence-corrected chi connectivity index (χ1v) is 6.38. The van der Waals surface area contributed by atoms with E-state index in [1.54, 1.807) is 6.08 Å². The van der Waals surface area contributed by atoms with Gasteiger partial charge < -0.3 is 10.0 Å². The van der Waals surface area contributed by atoms with E-state index in [9.17, 15) is 23.1 Å². The van der Waals surface area contributed by atoms with Crippen molar-refractivity contribution in [2.75, 3.05) is 19.7 Å². The highest BCUT2D eigenvalue weighted by Gasteiger charge is 2.36. The number of alkyl halides is 3. The molecule has 0 bridgehead atoms. The van der Waals surface area contributed by atoms with Crippen LogP contribution in [0.25, 0.3) is 0 Å². The fraction of sp³-hybridized carbons (Fsp3) is 0.769. The van der Waals surface area contributed by atoms with Crippen molar-refractivity contribution in [1.29, 1.82) is 0 Å². The zero-order valence-electron chi connectivity index (χ0n) is 10.9. The van der Waals surface area contributed by atoms with Crippen LogP contribution in [-0.2, 0) is 4.79 Å². The molecule has 0 aliphatic carbocycles. The lowest BCUT2D eigenvalue weighted by Crippen LogP contribution is -2.47. The van der Waals surface area contributed by atoms with E-state index in [0.29, 0.717) is 25.9 Å². The number of carbonyl (C=O) groups is 1. The summed E-state index contributed by atoms with van der Waals surface area (Å²) in [6, 6.07) is 0. The van der Waals surface area contributed by atoms with Crippen LogP contribution in [0.2, 0.25) is 0 Å². The van der Waals surface area contributed by atoms with Crippen LogP contribution >= 0.6 is 0 Å². The predicted octanol–water partition coefficient (Wildman–Crippen LogP) is 2.51. The summed E-state index contributed by atoms with van der Waals surface area (Å²) in [4.78, 5) is 13.2. The van der Waals surface area contributed by atoms with Crippen molar-refractivity contribution in [3.63, 3.8) is 0 Å². The molecular weight excluding hydrogens is 259 g/mol. The third kappa shape index (κ3) is 4.86. The average molecular weight is 279 g/mol. The number of aliphatic hydroxyl groups excluding tert-OH is 1. The number of rotatable bonds is 5. The fourth-order valence-electron chi connectivity index (χ4n) is 2.49. The first-order valence-electron chi connectivity index (χ1n) is 6.38. The Labute approximate surface area is 111 Å². The third-order valence-electron chi connectivity index (χ3n) is 3.55. The minimum Gasteiger partial charge on any atom is -0.396 e. The number of nitrogens with zero attached hydrogens (tertiary/aromatic N) is 1. The standard InChI is InChI=1S/C13H20F3NO2/c1-2-5-12(10-18)6-3-8-17(9-12)11(19)4-7-13(14,15)16/h2,18H,1,3-10H2/t12-/m0/s1. The van der Waals surface area contributed by atoms with E-state index in [1.165, 1.54) is 4.90 Å². The minimum atomic E-state index is -4.30. The number of piperidine rings is 1. The van der Waals surface area contributed by atoms with Gasteiger partial charge in [-0.05, 0) is 19.3 Å². The summed E-state index contributed by atoms with van der Waals surface area (Å²) in [5.41, 5.74) is -0.437. The first kappa shape index (κ1) is 16.0. The maximum absolute atomic E-state index is 12.1. The molecule has 1 atom stereocenters. The van der Waals surface area contributed by atoms with E-state index in [1.807, 2.05) is 0 Å². The van der Waals surface area contributed by atoms with Crippen molar-refractivity contribution in [2.45, 2.75) is 38.3 Å². The lowest BCUT2D eigenvalue weighted by molar-refractivity contribution is -0.151. The summed E-state index contributed by atoms with van der Waals surface area (Å²) in [7, 11) is 0. The molecule has 0 unspecified atom stereocenters. The van der Waals surface area contributed by atoms with Crippen molar-refractivity contribution in [3.05, 3.63) is 12.7 Å². The number of hydrogen-bond donors (Lipinski definition) is 1. The Morgan fingerprint density at radius 2 is 2.16 bits per heavy atom. The van der Waals surface area contributed by atoms with Crippen LogP contribution in [0.3, 0.4) is 0 Å². The SMILES string of the molecule is C=CC[C@]1(CO)CCCN(C(=O)CCC(F)(F)F)C1. The summed E-state index contributed by atoms with van der Waals surface area (Å²) < 4.78 is 36.3. The molecule has 1 fully saturated rings. The van der Waals surface area contributed by atoms with E-state index in [4.69, 9.17) is 0 Å². The quantitative estimate of drug-likeness (QED) is 0.786. The second-order valence-electron chi connectivity index (χ2n) is 5.18. The third-order valence-corrected chi connectivity index (χ3v) is 3.55. The van der Waals surface area contributed by atoms with Crippen LogP contribution in [0.4, 0.5) is 13.2 Å². The molecule has 1 N–H and O–H groups in total. The van der Waals surface area contributed by atoms with Gasteiger partial charge in [-0.15, -0.1) is 6.58 Å². The lowest BCUT2D eigenvalue weighted by atomic mass is 9.77. The monoisotopic (exact) mass is 279 g/mol. The van der Waals surface area contributed by atoms with E-state index in [-0.39, 0.29) is 6.61 Å². The topological polar surface area (TPSA) is 40.5 Å². The van der Waals surface area contributed by atoms with Crippen LogP contribution in [0.1, 0.15) is 32.1 Å². The van der Waals surface area contributed by atoms with Crippen molar-refractivity contribution in [1.82, 2.24) is 4.90 Å². The molecule has 1 aliphatic rings. The van der Waals surface area contributed by atoms with Gasteiger partial charge in [0.15, 0.2) is 0 Å². The molecule has 1 amide bonds. The number of carbonyl (C=O) groups excluding carboxylic acids is 1. The Balaban J connectivity index is 2.58. The summed E-state index contributed by atoms with van der Waals surface area (Å²) in [5.74, 6) is -0.487. The van der Waals surface area contributed by atoms with Crippen LogP contribution in [0.15, 0.2) is 12.7 Å². The molecule has 0 aromatic carbocycles. The second-order valence-corrected chi connectivity index (χ2v) is 5.18. The van der Waals surface area contributed by atoms with Crippen LogP contribution in [0.5, 0.6) is 0 Å². The zero-order chi connectivity index (χ0) is 14.5. The molecule has 1 aliphatic heterocycles. The first-order chi connectivity index (χ1) is 8.82. The van der Waals surface area contributed by atoms with Gasteiger partial charge in [0.05, 0.1) is 13.0 Å². The van der Waals surface area contributed by atoms with Gasteiger partial charge >= 0.3 is 6.18 Å². The molecule has 0 saturated carbocycles. The molecule has 0 radical (unpaired) electrons. The molecule has 0 spiro atoms. The highest BCUT2D eigenvalue weighted by Crippen LogP contribution is 2.34. The molecular formula is C13H20F3NO2. The number of amides is 1. The van der Waals surface area contributed by atoms with Gasteiger partial charge in [-0.1, -0.05) is 6.08 Å². The molecule has 3 nitrogen and oxygen atoms in total. The largest absolute Gasteiger partial charge is 0.396 e. The summed E-state index contributed by atoms with van der Waals surface area (Å²) >= 11 is 0. The molecule has 0 aromatic heterocycles. The van der Waals surface area contributed by atoms with Crippen molar-refractivity contribution in [2.24, 2.45) is 5.41 Å². The molecule has 19 heavy (non-hydrogen) atoms. The zero-order valence-corrected chi connectivity index (χ0v) is 10.9. The number of likely N-dealkylation sites (tertiary alicyclic amines) is 1. The van der Waals surface area contributed by atoms with Crippen LogP contribution in [0, 0.1) is 5.41 Å². The number of aliphatic hydroxyl groups is 1. The maximum Gasteiger partial charge on any atom is 0.389 e.